The van der Waals surface area contributed by atoms with Gasteiger partial charge >= 0.3 is 11.9 Å². The lowest BCUT2D eigenvalue weighted by atomic mass is 9.91. The largest absolute Gasteiger partial charge is 0.497 e. The number of hydrogen-bond donors (Lipinski definition) is 3. The molecule has 1 aromatic carbocycles. The van der Waals surface area contributed by atoms with Crippen molar-refractivity contribution < 1.29 is 24.5 Å². The molecule has 0 aliphatic carbocycles. The SMILES string of the molecule is COc1cccc(C(N)(C(=O)O)C(=O)O)c1. The molecule has 6 heteroatoms. The van der Waals surface area contributed by atoms with Crippen LogP contribution >= 0.6 is 0 Å². The average Bonchev–Trinajstić information content (AvgIpc) is 2.27. The van der Waals surface area contributed by atoms with E-state index in [1.807, 2.05) is 0 Å². The number of carbonyl (C=O) groups is 2. The molecule has 0 fully saturated rings. The van der Waals surface area contributed by atoms with Gasteiger partial charge in [0.2, 0.25) is 5.54 Å². The summed E-state index contributed by atoms with van der Waals surface area (Å²) in [5.41, 5.74) is 2.86. The van der Waals surface area contributed by atoms with Gasteiger partial charge in [-0.15, -0.1) is 0 Å². The van der Waals surface area contributed by atoms with Crippen LogP contribution in [0.3, 0.4) is 0 Å². The summed E-state index contributed by atoms with van der Waals surface area (Å²) < 4.78 is 4.87. The summed E-state index contributed by atoms with van der Waals surface area (Å²) in [4.78, 5) is 21.8. The molecule has 16 heavy (non-hydrogen) atoms. The van der Waals surface area contributed by atoms with E-state index in [4.69, 9.17) is 20.7 Å². The van der Waals surface area contributed by atoms with E-state index in [1.54, 1.807) is 6.07 Å². The Hall–Kier alpha value is -2.08. The summed E-state index contributed by atoms with van der Waals surface area (Å²) in [7, 11) is 1.39. The second-order valence-electron chi connectivity index (χ2n) is 3.15. The van der Waals surface area contributed by atoms with E-state index in [0.717, 1.165) is 0 Å². The number of rotatable bonds is 4. The van der Waals surface area contributed by atoms with Crippen molar-refractivity contribution in [1.29, 1.82) is 0 Å². The fourth-order valence-electron chi connectivity index (χ4n) is 1.21. The van der Waals surface area contributed by atoms with Gasteiger partial charge in [0.15, 0.2) is 0 Å². The lowest BCUT2D eigenvalue weighted by Gasteiger charge is -2.20. The first kappa shape index (κ1) is 12.0. The van der Waals surface area contributed by atoms with Crippen molar-refractivity contribution in [1.82, 2.24) is 0 Å². The minimum Gasteiger partial charge on any atom is -0.497 e. The highest BCUT2D eigenvalue weighted by atomic mass is 16.5. The van der Waals surface area contributed by atoms with E-state index in [-0.39, 0.29) is 5.56 Å². The number of carboxylic acids is 2. The third-order valence-corrected chi connectivity index (χ3v) is 2.20. The maximum Gasteiger partial charge on any atom is 0.340 e. The van der Waals surface area contributed by atoms with Crippen LogP contribution in [-0.2, 0) is 15.1 Å². The first-order valence-electron chi connectivity index (χ1n) is 4.33. The van der Waals surface area contributed by atoms with Gasteiger partial charge in [-0.1, -0.05) is 12.1 Å². The molecule has 6 nitrogen and oxygen atoms in total. The molecular weight excluding hydrogens is 214 g/mol. The van der Waals surface area contributed by atoms with Gasteiger partial charge in [-0.3, -0.25) is 0 Å². The first-order valence-corrected chi connectivity index (χ1v) is 4.33. The van der Waals surface area contributed by atoms with E-state index < -0.39 is 17.5 Å². The Bertz CT molecular complexity index is 415. The van der Waals surface area contributed by atoms with Crippen molar-refractivity contribution in [3.8, 4) is 5.75 Å². The molecule has 0 radical (unpaired) electrons. The van der Waals surface area contributed by atoms with E-state index in [2.05, 4.69) is 0 Å². The Balaban J connectivity index is 3.32. The van der Waals surface area contributed by atoms with Crippen molar-refractivity contribution in [3.63, 3.8) is 0 Å². The molecular formula is C10H11NO5. The number of carboxylic acid groups (broad SMARTS) is 2. The molecule has 0 unspecified atom stereocenters. The number of hydrogen-bond acceptors (Lipinski definition) is 4. The Kier molecular flexibility index (Phi) is 3.14. The first-order chi connectivity index (χ1) is 7.42. The highest BCUT2D eigenvalue weighted by molar-refractivity contribution is 6.03. The lowest BCUT2D eigenvalue weighted by Crippen LogP contribution is -2.51. The molecule has 1 rings (SSSR count). The predicted octanol–water partition coefficient (Wildman–Crippen LogP) is 0.0184. The number of benzene rings is 1. The average molecular weight is 225 g/mol. The van der Waals surface area contributed by atoms with Crippen LogP contribution in [0.2, 0.25) is 0 Å². The summed E-state index contributed by atoms with van der Waals surface area (Å²) in [6, 6.07) is 5.64. The van der Waals surface area contributed by atoms with E-state index >= 15 is 0 Å². The number of methoxy groups -OCH3 is 1. The van der Waals surface area contributed by atoms with Crippen LogP contribution in [0, 0.1) is 0 Å². The topological polar surface area (TPSA) is 110 Å². The molecule has 0 bridgehead atoms. The van der Waals surface area contributed by atoms with Gasteiger partial charge in [-0.05, 0) is 17.7 Å². The van der Waals surface area contributed by atoms with Crippen LogP contribution in [0.25, 0.3) is 0 Å². The molecule has 0 amide bonds. The van der Waals surface area contributed by atoms with Crippen molar-refractivity contribution in [2.24, 2.45) is 5.73 Å². The molecule has 0 spiro atoms. The summed E-state index contributed by atoms with van der Waals surface area (Å²) in [6.07, 6.45) is 0. The zero-order chi connectivity index (χ0) is 12.3. The molecule has 0 atom stereocenters. The monoisotopic (exact) mass is 225 g/mol. The van der Waals surface area contributed by atoms with Gasteiger partial charge in [0.05, 0.1) is 7.11 Å². The van der Waals surface area contributed by atoms with Gasteiger partial charge in [-0.25, -0.2) is 9.59 Å². The second kappa shape index (κ2) is 4.19. The maximum atomic E-state index is 10.9. The molecule has 0 saturated carbocycles. The molecule has 1 aromatic rings. The third-order valence-electron chi connectivity index (χ3n) is 2.20. The second-order valence-corrected chi connectivity index (χ2v) is 3.15. The van der Waals surface area contributed by atoms with Crippen LogP contribution in [0.1, 0.15) is 5.56 Å². The summed E-state index contributed by atoms with van der Waals surface area (Å²) in [6.45, 7) is 0. The predicted molar refractivity (Wildman–Crippen MR) is 54.1 cm³/mol. The maximum absolute atomic E-state index is 10.9. The highest BCUT2D eigenvalue weighted by Crippen LogP contribution is 2.23. The van der Waals surface area contributed by atoms with Crippen molar-refractivity contribution >= 4 is 11.9 Å². The normalized spacial score (nSPS) is 10.9. The van der Waals surface area contributed by atoms with Crippen LogP contribution in [0.15, 0.2) is 24.3 Å². The molecule has 0 aliphatic rings. The standard InChI is InChI=1S/C10H11NO5/c1-16-7-4-2-3-6(5-7)10(11,8(12)13)9(14)15/h2-5H,11H2,1H3,(H,12,13)(H,14,15). The smallest absolute Gasteiger partial charge is 0.340 e. The molecule has 0 saturated heterocycles. The van der Waals surface area contributed by atoms with Gasteiger partial charge in [0.25, 0.3) is 0 Å². The van der Waals surface area contributed by atoms with Crippen LogP contribution in [0.5, 0.6) is 5.75 Å². The lowest BCUT2D eigenvalue weighted by molar-refractivity contribution is -0.157. The number of nitrogens with two attached hydrogens (primary N) is 1. The number of aliphatic carboxylic acids is 2. The summed E-state index contributed by atoms with van der Waals surface area (Å²) in [5, 5.41) is 17.7. The molecule has 86 valence electrons. The molecule has 4 N–H and O–H groups in total. The highest BCUT2D eigenvalue weighted by Gasteiger charge is 2.44. The van der Waals surface area contributed by atoms with Crippen LogP contribution in [-0.4, -0.2) is 29.3 Å². The third kappa shape index (κ3) is 1.82. The van der Waals surface area contributed by atoms with Crippen molar-refractivity contribution in [2.45, 2.75) is 5.54 Å². The zero-order valence-electron chi connectivity index (χ0n) is 8.51. The zero-order valence-corrected chi connectivity index (χ0v) is 8.51. The Labute approximate surface area is 91.3 Å². The summed E-state index contributed by atoms with van der Waals surface area (Å²) >= 11 is 0. The Morgan fingerprint density at radius 1 is 1.31 bits per heavy atom. The minimum absolute atomic E-state index is 0.0492. The Morgan fingerprint density at radius 3 is 2.31 bits per heavy atom. The van der Waals surface area contributed by atoms with Crippen molar-refractivity contribution in [2.75, 3.05) is 7.11 Å². The Morgan fingerprint density at radius 2 is 1.88 bits per heavy atom. The quantitative estimate of drug-likeness (QED) is 0.623. The fraction of sp³-hybridized carbons (Fsp3) is 0.200. The van der Waals surface area contributed by atoms with Crippen molar-refractivity contribution in [3.05, 3.63) is 29.8 Å². The molecule has 0 aliphatic heterocycles. The van der Waals surface area contributed by atoms with E-state index in [1.165, 1.54) is 25.3 Å². The number of ether oxygens (including phenoxy) is 1. The minimum atomic E-state index is -2.46. The van der Waals surface area contributed by atoms with Gasteiger partial charge in [0, 0.05) is 0 Å². The van der Waals surface area contributed by atoms with E-state index in [9.17, 15) is 9.59 Å². The molecule has 0 aromatic heterocycles. The van der Waals surface area contributed by atoms with Crippen LogP contribution < -0.4 is 10.5 Å². The van der Waals surface area contributed by atoms with Gasteiger partial charge < -0.3 is 20.7 Å². The van der Waals surface area contributed by atoms with Gasteiger partial charge in [-0.2, -0.15) is 0 Å². The summed E-state index contributed by atoms with van der Waals surface area (Å²) in [5.74, 6) is -2.92. The van der Waals surface area contributed by atoms with Gasteiger partial charge in [0.1, 0.15) is 5.75 Å². The van der Waals surface area contributed by atoms with E-state index in [0.29, 0.717) is 5.75 Å². The molecule has 0 heterocycles. The fourth-order valence-corrected chi connectivity index (χ4v) is 1.21. The van der Waals surface area contributed by atoms with Crippen LogP contribution in [0.4, 0.5) is 0 Å².